The molecule has 0 saturated heterocycles. The summed E-state index contributed by atoms with van der Waals surface area (Å²) >= 11 is 0. The van der Waals surface area contributed by atoms with Gasteiger partial charge >= 0.3 is 0 Å². The van der Waals surface area contributed by atoms with Crippen molar-refractivity contribution in [2.24, 2.45) is 11.7 Å². The van der Waals surface area contributed by atoms with Gasteiger partial charge in [0.2, 0.25) is 17.7 Å². The second kappa shape index (κ2) is 12.8. The summed E-state index contributed by atoms with van der Waals surface area (Å²) in [4.78, 5) is 35.2. The molecule has 0 aliphatic rings. The molecule has 140 valence electrons. The lowest BCUT2D eigenvalue weighted by atomic mass is 10.0. The normalized spacial score (nSPS) is 13.4. The van der Waals surface area contributed by atoms with Gasteiger partial charge in [0.1, 0.15) is 12.1 Å². The number of carbonyl (C=O) groups is 3. The molecule has 0 fully saturated rings. The Hall–Kier alpha value is -1.59. The average Bonchev–Trinajstić information content (AvgIpc) is 2.47. The minimum absolute atomic E-state index is 0.248. The average molecular weight is 341 g/mol. The largest absolute Gasteiger partial charge is 0.368 e. The molecule has 0 bridgehead atoms. The van der Waals surface area contributed by atoms with Gasteiger partial charge in [0.15, 0.2) is 0 Å². The van der Waals surface area contributed by atoms with E-state index >= 15 is 0 Å². The van der Waals surface area contributed by atoms with E-state index in [9.17, 15) is 14.4 Å². The van der Waals surface area contributed by atoms with Crippen molar-refractivity contribution in [1.82, 2.24) is 10.6 Å². The van der Waals surface area contributed by atoms with E-state index in [1.807, 2.05) is 13.8 Å². The summed E-state index contributed by atoms with van der Waals surface area (Å²) in [6.07, 6.45) is 7.70. The molecule has 6 heteroatoms. The van der Waals surface area contributed by atoms with Gasteiger partial charge in [-0.15, -0.1) is 0 Å². The number of nitrogens with two attached hydrogens (primary N) is 1. The Balaban J connectivity index is 4.46. The number of hydrogen-bond acceptors (Lipinski definition) is 3. The molecule has 0 unspecified atom stereocenters. The minimum atomic E-state index is -0.674. The summed E-state index contributed by atoms with van der Waals surface area (Å²) in [5, 5.41) is 5.34. The highest BCUT2D eigenvalue weighted by atomic mass is 16.2. The van der Waals surface area contributed by atoms with Crippen molar-refractivity contribution in [3.05, 3.63) is 0 Å². The fourth-order valence-electron chi connectivity index (χ4n) is 2.63. The van der Waals surface area contributed by atoms with Crippen LogP contribution in [0, 0.1) is 5.92 Å². The van der Waals surface area contributed by atoms with Crippen LogP contribution in [0.15, 0.2) is 0 Å². The lowest BCUT2D eigenvalue weighted by Crippen LogP contribution is -2.53. The Morgan fingerprint density at radius 1 is 0.917 bits per heavy atom. The SMILES string of the molecule is CCCCCCCC[C@@H](NC(=O)[C@H](CC(C)C)NC(C)=O)C(N)=O. The third-order valence-electron chi connectivity index (χ3n) is 3.91. The highest BCUT2D eigenvalue weighted by molar-refractivity contribution is 5.91. The molecule has 0 aromatic rings. The Morgan fingerprint density at radius 3 is 2.00 bits per heavy atom. The summed E-state index contributed by atoms with van der Waals surface area (Å²) in [5.74, 6) is -0.878. The molecular formula is C18H35N3O3. The third-order valence-corrected chi connectivity index (χ3v) is 3.91. The van der Waals surface area contributed by atoms with E-state index in [0.717, 1.165) is 19.3 Å². The van der Waals surface area contributed by atoms with Crippen molar-refractivity contribution in [3.63, 3.8) is 0 Å². The third kappa shape index (κ3) is 11.0. The second-order valence-electron chi connectivity index (χ2n) is 6.90. The predicted octanol–water partition coefficient (Wildman–Crippen LogP) is 2.26. The van der Waals surface area contributed by atoms with Crippen molar-refractivity contribution >= 4 is 17.7 Å². The highest BCUT2D eigenvalue weighted by Gasteiger charge is 2.25. The number of hydrogen-bond donors (Lipinski definition) is 3. The van der Waals surface area contributed by atoms with Crippen LogP contribution in [0.2, 0.25) is 0 Å². The summed E-state index contributed by atoms with van der Waals surface area (Å²) in [7, 11) is 0. The second-order valence-corrected chi connectivity index (χ2v) is 6.90. The van der Waals surface area contributed by atoms with Crippen LogP contribution in [-0.2, 0) is 14.4 Å². The molecule has 2 atom stereocenters. The highest BCUT2D eigenvalue weighted by Crippen LogP contribution is 2.10. The van der Waals surface area contributed by atoms with Crippen LogP contribution in [0.5, 0.6) is 0 Å². The monoisotopic (exact) mass is 341 g/mol. The van der Waals surface area contributed by atoms with Crippen LogP contribution in [-0.4, -0.2) is 29.8 Å². The first-order chi connectivity index (χ1) is 11.3. The first kappa shape index (κ1) is 22.4. The van der Waals surface area contributed by atoms with E-state index in [1.165, 1.54) is 26.2 Å². The number of nitrogens with one attached hydrogen (secondary N) is 2. The number of carbonyl (C=O) groups excluding carboxylic acids is 3. The van der Waals surface area contributed by atoms with E-state index < -0.39 is 18.0 Å². The van der Waals surface area contributed by atoms with Gasteiger partial charge in [-0.1, -0.05) is 59.3 Å². The lowest BCUT2D eigenvalue weighted by molar-refractivity contribution is -0.131. The van der Waals surface area contributed by atoms with Gasteiger partial charge in [0.05, 0.1) is 0 Å². The molecule has 3 amide bonds. The first-order valence-electron chi connectivity index (χ1n) is 9.14. The van der Waals surface area contributed by atoms with Gasteiger partial charge in [0.25, 0.3) is 0 Å². The fourth-order valence-corrected chi connectivity index (χ4v) is 2.63. The van der Waals surface area contributed by atoms with Gasteiger partial charge in [-0.25, -0.2) is 0 Å². The zero-order valence-electron chi connectivity index (χ0n) is 15.7. The molecule has 0 rings (SSSR count). The van der Waals surface area contributed by atoms with Crippen molar-refractivity contribution in [2.45, 2.75) is 91.1 Å². The van der Waals surface area contributed by atoms with Gasteiger partial charge in [-0.2, -0.15) is 0 Å². The van der Waals surface area contributed by atoms with Gasteiger partial charge in [0, 0.05) is 6.92 Å². The van der Waals surface area contributed by atoms with Gasteiger partial charge < -0.3 is 16.4 Å². The van der Waals surface area contributed by atoms with Crippen molar-refractivity contribution < 1.29 is 14.4 Å². The van der Waals surface area contributed by atoms with E-state index in [1.54, 1.807) is 0 Å². The molecule has 0 aromatic heterocycles. The lowest BCUT2D eigenvalue weighted by Gasteiger charge is -2.22. The Morgan fingerprint density at radius 2 is 1.50 bits per heavy atom. The van der Waals surface area contributed by atoms with Crippen LogP contribution in [0.4, 0.5) is 0 Å². The molecule has 6 nitrogen and oxygen atoms in total. The summed E-state index contributed by atoms with van der Waals surface area (Å²) < 4.78 is 0. The van der Waals surface area contributed by atoms with Crippen LogP contribution in [0.1, 0.15) is 79.1 Å². The van der Waals surface area contributed by atoms with Crippen molar-refractivity contribution in [1.29, 1.82) is 0 Å². The maximum atomic E-state index is 12.4. The van der Waals surface area contributed by atoms with Crippen LogP contribution < -0.4 is 16.4 Å². The van der Waals surface area contributed by atoms with E-state index in [-0.39, 0.29) is 17.7 Å². The molecule has 0 aromatic carbocycles. The molecule has 4 N–H and O–H groups in total. The minimum Gasteiger partial charge on any atom is -0.368 e. The predicted molar refractivity (Wildman–Crippen MR) is 96.2 cm³/mol. The number of primary amides is 1. The Bertz CT molecular complexity index is 397. The van der Waals surface area contributed by atoms with E-state index in [2.05, 4.69) is 17.6 Å². The quantitative estimate of drug-likeness (QED) is 0.448. The summed E-state index contributed by atoms with van der Waals surface area (Å²) in [6, 6.07) is -1.30. The molecule has 0 saturated carbocycles. The number of unbranched alkanes of at least 4 members (excludes halogenated alkanes) is 5. The Labute approximate surface area is 146 Å². The fraction of sp³-hybridized carbons (Fsp3) is 0.833. The molecular weight excluding hydrogens is 306 g/mol. The summed E-state index contributed by atoms with van der Waals surface area (Å²) in [5.41, 5.74) is 5.41. The first-order valence-corrected chi connectivity index (χ1v) is 9.14. The molecule has 0 aliphatic carbocycles. The number of rotatable bonds is 13. The van der Waals surface area contributed by atoms with Crippen molar-refractivity contribution in [3.8, 4) is 0 Å². The molecule has 0 spiro atoms. The zero-order valence-corrected chi connectivity index (χ0v) is 15.7. The molecule has 24 heavy (non-hydrogen) atoms. The van der Waals surface area contributed by atoms with E-state index in [4.69, 9.17) is 5.73 Å². The summed E-state index contributed by atoms with van der Waals surface area (Å²) in [6.45, 7) is 7.50. The standard InChI is InChI=1S/C18H35N3O3/c1-5-6-7-8-9-10-11-15(17(19)23)21-18(24)16(12-13(2)3)20-14(4)22/h13,15-16H,5-12H2,1-4H3,(H2,19,23)(H,20,22)(H,21,24)/t15-,16+/m1/s1. The molecule has 0 radical (unpaired) electrons. The Kier molecular flexibility index (Phi) is 11.9. The van der Waals surface area contributed by atoms with Gasteiger partial charge in [-0.3, -0.25) is 14.4 Å². The maximum Gasteiger partial charge on any atom is 0.243 e. The van der Waals surface area contributed by atoms with Crippen molar-refractivity contribution in [2.75, 3.05) is 0 Å². The van der Waals surface area contributed by atoms with Crippen LogP contribution in [0.3, 0.4) is 0 Å². The molecule has 0 aliphatic heterocycles. The van der Waals surface area contributed by atoms with E-state index in [0.29, 0.717) is 12.8 Å². The maximum absolute atomic E-state index is 12.4. The number of amides is 3. The zero-order chi connectivity index (χ0) is 18.5. The topological polar surface area (TPSA) is 101 Å². The smallest absolute Gasteiger partial charge is 0.243 e. The van der Waals surface area contributed by atoms with Gasteiger partial charge in [-0.05, 0) is 18.8 Å². The molecule has 0 heterocycles. The van der Waals surface area contributed by atoms with Crippen LogP contribution in [0.25, 0.3) is 0 Å². The van der Waals surface area contributed by atoms with Crippen LogP contribution >= 0.6 is 0 Å².